The van der Waals surface area contributed by atoms with E-state index in [2.05, 4.69) is 101 Å². The standard InChI is InChI=1S/2C14H17.C2H7Si.2HI.Zr/c2*1-3-4-7-12-10-13-8-5-6-9-14(13)11(12)2;1-3-2;;;/h2*5-6,8-10H,3-4,7H2,1-2H3;3H,1-2H3;2*1H;/q2*-1;;;;+4/p-2. The average molecular weight is 775 g/mol. The molecule has 0 spiro atoms. The van der Waals surface area contributed by atoms with Crippen LogP contribution >= 0.6 is 0 Å². The van der Waals surface area contributed by atoms with Crippen LogP contribution in [0.2, 0.25) is 13.1 Å². The fraction of sp³-hybridized carbons (Fsp3) is 0.400. The third-order valence-corrected chi connectivity index (χ3v) is 5.95. The second kappa shape index (κ2) is 20.3. The summed E-state index contributed by atoms with van der Waals surface area (Å²) in [5.74, 6) is 0. The van der Waals surface area contributed by atoms with Crippen molar-refractivity contribution >= 4 is 31.1 Å². The summed E-state index contributed by atoms with van der Waals surface area (Å²) in [5, 5.41) is 5.66. The molecular weight excluding hydrogens is 733 g/mol. The maximum Gasteiger partial charge on any atom is 4.00 e. The first-order chi connectivity index (χ1) is 15.1. The largest absolute Gasteiger partial charge is 4.00 e. The molecule has 4 rings (SSSR count). The molecule has 183 valence electrons. The van der Waals surface area contributed by atoms with E-state index in [0.29, 0.717) is 0 Å². The van der Waals surface area contributed by atoms with Crippen molar-refractivity contribution in [3.63, 3.8) is 0 Å². The number of unbranched alkanes of at least 4 members (excludes halogenated alkanes) is 2. The summed E-state index contributed by atoms with van der Waals surface area (Å²) in [4.78, 5) is 0. The summed E-state index contributed by atoms with van der Waals surface area (Å²) < 4.78 is 0. The molecule has 0 amide bonds. The summed E-state index contributed by atoms with van der Waals surface area (Å²) in [6.07, 6.45) is 7.63. The normalized spacial score (nSPS) is 9.59. The van der Waals surface area contributed by atoms with Crippen molar-refractivity contribution in [2.75, 3.05) is 0 Å². The Morgan fingerprint density at radius 1 is 0.647 bits per heavy atom. The van der Waals surface area contributed by atoms with Gasteiger partial charge in [0.1, 0.15) is 0 Å². The van der Waals surface area contributed by atoms with Gasteiger partial charge in [-0.25, -0.2) is 0 Å². The molecule has 0 heterocycles. The maximum atomic E-state index is 2.35. The summed E-state index contributed by atoms with van der Waals surface area (Å²) in [6.45, 7) is 13.4. The first-order valence-electron chi connectivity index (χ1n) is 12.1. The van der Waals surface area contributed by atoms with E-state index in [1.165, 1.54) is 82.3 Å². The molecule has 4 heteroatoms. The van der Waals surface area contributed by atoms with E-state index in [1.54, 1.807) is 0 Å². The number of halogens is 2. The molecule has 0 nitrogen and oxygen atoms in total. The molecule has 4 aromatic rings. The van der Waals surface area contributed by atoms with Crippen molar-refractivity contribution in [2.45, 2.75) is 79.3 Å². The zero-order chi connectivity index (χ0) is 22.6. The molecule has 0 aromatic heterocycles. The van der Waals surface area contributed by atoms with E-state index in [-0.39, 0.29) is 74.2 Å². The average Bonchev–Trinajstić information content (AvgIpc) is 3.29. The van der Waals surface area contributed by atoms with E-state index in [1.807, 2.05) is 0 Å². The molecule has 0 fully saturated rings. The van der Waals surface area contributed by atoms with Crippen LogP contribution in [0.25, 0.3) is 21.5 Å². The smallest absolute Gasteiger partial charge is 1.00 e. The van der Waals surface area contributed by atoms with Crippen LogP contribution in [0.5, 0.6) is 0 Å². The van der Waals surface area contributed by atoms with Crippen molar-refractivity contribution in [2.24, 2.45) is 0 Å². The van der Waals surface area contributed by atoms with Crippen LogP contribution in [0.3, 0.4) is 0 Å². The SMILES string of the molecule is CCCCc1[cH-]c2ccccc2c1C.CCCCc1[cH-]c2ccccc2c1C.C[SiH]C.[I-].[I-].[Zr+4]. The molecule has 0 aliphatic carbocycles. The van der Waals surface area contributed by atoms with Gasteiger partial charge in [-0.1, -0.05) is 78.6 Å². The van der Waals surface area contributed by atoms with Gasteiger partial charge in [0.2, 0.25) is 0 Å². The van der Waals surface area contributed by atoms with E-state index in [9.17, 15) is 0 Å². The van der Waals surface area contributed by atoms with Gasteiger partial charge in [0.15, 0.2) is 0 Å². The van der Waals surface area contributed by atoms with Crippen molar-refractivity contribution < 1.29 is 74.2 Å². The Bertz CT molecular complexity index is 965. The van der Waals surface area contributed by atoms with Crippen LogP contribution in [-0.2, 0) is 39.0 Å². The molecule has 0 unspecified atom stereocenters. The predicted octanol–water partition coefficient (Wildman–Crippen LogP) is 2.94. The number of rotatable bonds is 6. The molecule has 0 atom stereocenters. The van der Waals surface area contributed by atoms with Gasteiger partial charge in [-0.3, -0.25) is 0 Å². The van der Waals surface area contributed by atoms with Gasteiger partial charge >= 0.3 is 26.2 Å². The van der Waals surface area contributed by atoms with Crippen LogP contribution < -0.4 is 48.0 Å². The van der Waals surface area contributed by atoms with Crippen molar-refractivity contribution in [1.82, 2.24) is 0 Å². The summed E-state index contributed by atoms with van der Waals surface area (Å²) >= 11 is 0. The monoisotopic (exact) mass is 773 g/mol. The molecule has 4 aromatic carbocycles. The quantitative estimate of drug-likeness (QED) is 0.161. The fourth-order valence-electron chi connectivity index (χ4n) is 4.12. The van der Waals surface area contributed by atoms with Crippen molar-refractivity contribution in [3.8, 4) is 0 Å². The van der Waals surface area contributed by atoms with Gasteiger partial charge in [-0.2, -0.15) is 11.1 Å². The van der Waals surface area contributed by atoms with E-state index in [4.69, 9.17) is 0 Å². The van der Waals surface area contributed by atoms with Gasteiger partial charge in [0, 0.05) is 9.52 Å². The number of benzene rings is 2. The zero-order valence-electron chi connectivity index (χ0n) is 21.8. The van der Waals surface area contributed by atoms with Gasteiger partial charge in [0.05, 0.1) is 0 Å². The number of hydrogen-bond acceptors (Lipinski definition) is 0. The van der Waals surface area contributed by atoms with Gasteiger partial charge in [0.25, 0.3) is 0 Å². The van der Waals surface area contributed by atoms with Crippen LogP contribution in [-0.4, -0.2) is 9.52 Å². The predicted molar refractivity (Wildman–Crippen MR) is 145 cm³/mol. The van der Waals surface area contributed by atoms with Crippen LogP contribution in [0.1, 0.15) is 61.8 Å². The third-order valence-electron chi connectivity index (χ3n) is 5.95. The molecule has 0 saturated carbocycles. The van der Waals surface area contributed by atoms with Crippen molar-refractivity contribution in [3.05, 3.63) is 82.9 Å². The minimum atomic E-state index is 0. The van der Waals surface area contributed by atoms with Crippen LogP contribution in [0, 0.1) is 13.8 Å². The summed E-state index contributed by atoms with van der Waals surface area (Å²) in [7, 11) is 0.750. The number of aryl methyl sites for hydroxylation is 4. The fourth-order valence-corrected chi connectivity index (χ4v) is 4.12. The minimum absolute atomic E-state index is 0. The third kappa shape index (κ3) is 10.7. The Hall–Kier alpha value is 0.220. The molecule has 0 bridgehead atoms. The molecule has 0 saturated heterocycles. The first kappa shape index (κ1) is 36.4. The van der Waals surface area contributed by atoms with Gasteiger partial charge in [-0.05, 0) is 12.8 Å². The van der Waals surface area contributed by atoms with E-state index in [0.717, 1.165) is 9.52 Å². The Balaban J connectivity index is 0. The molecule has 0 aliphatic rings. The summed E-state index contributed by atoms with van der Waals surface area (Å²) in [6, 6.07) is 22.0. The Morgan fingerprint density at radius 3 is 1.26 bits per heavy atom. The number of hydrogen-bond donors (Lipinski definition) is 0. The van der Waals surface area contributed by atoms with E-state index < -0.39 is 0 Å². The van der Waals surface area contributed by atoms with Gasteiger partial charge < -0.3 is 48.0 Å². The second-order valence-corrected chi connectivity index (χ2v) is 9.70. The van der Waals surface area contributed by atoms with E-state index >= 15 is 0 Å². The van der Waals surface area contributed by atoms with Crippen LogP contribution in [0.15, 0.2) is 60.7 Å². The molecule has 34 heavy (non-hydrogen) atoms. The Kier molecular flexibility index (Phi) is 21.7. The minimum Gasteiger partial charge on any atom is -1.00 e. The summed E-state index contributed by atoms with van der Waals surface area (Å²) in [5.41, 5.74) is 6.03. The molecule has 0 aliphatic heterocycles. The van der Waals surface area contributed by atoms with Crippen LogP contribution in [0.4, 0.5) is 0 Å². The molecule has 0 N–H and O–H groups in total. The zero-order valence-corrected chi connectivity index (χ0v) is 29.8. The second-order valence-electron chi connectivity index (χ2n) is 8.55. The topological polar surface area (TPSA) is 0 Å². The Labute approximate surface area is 264 Å². The molecule has 1 radical (unpaired) electrons. The maximum absolute atomic E-state index is 2.35. The van der Waals surface area contributed by atoms with Gasteiger partial charge in [-0.15, -0.1) is 81.2 Å². The Morgan fingerprint density at radius 2 is 0.971 bits per heavy atom. The first-order valence-corrected chi connectivity index (χ1v) is 14.4. The molecular formula is C30H41I2SiZr. The number of fused-ring (bicyclic) bond motifs is 2. The van der Waals surface area contributed by atoms with Crippen molar-refractivity contribution in [1.29, 1.82) is 0 Å².